The van der Waals surface area contributed by atoms with E-state index in [0.29, 0.717) is 5.41 Å². The van der Waals surface area contributed by atoms with E-state index in [1.807, 2.05) is 11.8 Å². The van der Waals surface area contributed by atoms with Gasteiger partial charge in [0.25, 0.3) is 0 Å². The molecule has 0 atom stereocenters. The molecule has 26 heavy (non-hydrogen) atoms. The van der Waals surface area contributed by atoms with Crippen LogP contribution < -0.4 is 10.6 Å². The molecular weight excluding hydrogens is 459 g/mol. The van der Waals surface area contributed by atoms with Crippen molar-refractivity contribution in [1.82, 2.24) is 15.5 Å². The van der Waals surface area contributed by atoms with Crippen LogP contribution in [-0.2, 0) is 4.74 Å². The third-order valence-electron chi connectivity index (χ3n) is 5.31. The molecule has 0 unspecified atom stereocenters. The number of nitrogens with zero attached hydrogens (tertiary/aromatic N) is 2. The van der Waals surface area contributed by atoms with E-state index in [1.54, 1.807) is 0 Å². The minimum absolute atomic E-state index is 0. The summed E-state index contributed by atoms with van der Waals surface area (Å²) in [4.78, 5) is 7.60. The van der Waals surface area contributed by atoms with Gasteiger partial charge in [0.05, 0.1) is 13.2 Å². The summed E-state index contributed by atoms with van der Waals surface area (Å²) in [7, 11) is 0. The number of nitrogens with one attached hydrogen (secondary N) is 2. The molecule has 0 bridgehead atoms. The molecule has 1 saturated carbocycles. The third kappa shape index (κ3) is 8.97. The van der Waals surface area contributed by atoms with E-state index < -0.39 is 0 Å². The Labute approximate surface area is 181 Å². The fourth-order valence-corrected chi connectivity index (χ4v) is 4.35. The van der Waals surface area contributed by atoms with Crippen LogP contribution in [0.15, 0.2) is 4.99 Å². The van der Waals surface area contributed by atoms with Gasteiger partial charge in [0.15, 0.2) is 5.96 Å². The lowest BCUT2D eigenvalue weighted by molar-refractivity contribution is 0.00937. The number of guanidine groups is 1. The van der Waals surface area contributed by atoms with Gasteiger partial charge in [-0.05, 0) is 38.2 Å². The van der Waals surface area contributed by atoms with Gasteiger partial charge < -0.3 is 15.4 Å². The minimum atomic E-state index is 0. The van der Waals surface area contributed by atoms with Gasteiger partial charge in [0.2, 0.25) is 0 Å². The highest BCUT2D eigenvalue weighted by molar-refractivity contribution is 14.0. The minimum Gasteiger partial charge on any atom is -0.379 e. The van der Waals surface area contributed by atoms with Crippen LogP contribution in [0, 0.1) is 5.41 Å². The lowest BCUT2D eigenvalue weighted by Crippen LogP contribution is -2.46. The fraction of sp³-hybridized carbons (Fsp3) is 0.947. The monoisotopic (exact) mass is 498 g/mol. The van der Waals surface area contributed by atoms with Crippen molar-refractivity contribution < 1.29 is 4.74 Å². The predicted molar refractivity (Wildman–Crippen MR) is 125 cm³/mol. The molecule has 0 aromatic rings. The van der Waals surface area contributed by atoms with E-state index in [-0.39, 0.29) is 24.0 Å². The number of aliphatic imine (C=N–C) groups is 1. The molecule has 2 fully saturated rings. The van der Waals surface area contributed by atoms with Gasteiger partial charge in [-0.25, -0.2) is 0 Å². The van der Waals surface area contributed by atoms with E-state index in [4.69, 9.17) is 9.73 Å². The van der Waals surface area contributed by atoms with Gasteiger partial charge in [-0.15, -0.1) is 24.0 Å². The van der Waals surface area contributed by atoms with E-state index in [9.17, 15) is 0 Å². The molecule has 2 rings (SSSR count). The van der Waals surface area contributed by atoms with E-state index >= 15 is 0 Å². The van der Waals surface area contributed by atoms with Crippen LogP contribution in [0.4, 0.5) is 0 Å². The van der Waals surface area contributed by atoms with Crippen molar-refractivity contribution in [3.05, 3.63) is 0 Å². The van der Waals surface area contributed by atoms with E-state index in [1.165, 1.54) is 50.8 Å². The lowest BCUT2D eigenvalue weighted by Gasteiger charge is -2.41. The Morgan fingerprint density at radius 1 is 1.15 bits per heavy atom. The number of thioether (sulfide) groups is 1. The van der Waals surface area contributed by atoms with Crippen molar-refractivity contribution in [3.8, 4) is 0 Å². The molecule has 1 aliphatic carbocycles. The van der Waals surface area contributed by atoms with Crippen molar-refractivity contribution in [2.24, 2.45) is 10.4 Å². The number of ether oxygens (including phenoxy) is 1. The summed E-state index contributed by atoms with van der Waals surface area (Å²) >= 11 is 1.91. The van der Waals surface area contributed by atoms with E-state index in [2.05, 4.69) is 28.7 Å². The zero-order valence-corrected chi connectivity index (χ0v) is 19.9. The summed E-state index contributed by atoms with van der Waals surface area (Å²) in [6.45, 7) is 10.1. The van der Waals surface area contributed by atoms with Crippen LogP contribution in [0.2, 0.25) is 0 Å². The maximum atomic E-state index is 5.53. The molecule has 0 spiro atoms. The molecule has 2 aliphatic rings. The van der Waals surface area contributed by atoms with Gasteiger partial charge >= 0.3 is 0 Å². The second kappa shape index (κ2) is 14.3. The first-order valence-electron chi connectivity index (χ1n) is 10.1. The number of hydrogen-bond donors (Lipinski definition) is 2. The van der Waals surface area contributed by atoms with Crippen LogP contribution in [-0.4, -0.2) is 75.4 Å². The summed E-state index contributed by atoms with van der Waals surface area (Å²) in [5.74, 6) is 2.20. The summed E-state index contributed by atoms with van der Waals surface area (Å²) in [6, 6.07) is 0. The van der Waals surface area contributed by atoms with Crippen molar-refractivity contribution >= 4 is 41.7 Å². The zero-order valence-electron chi connectivity index (χ0n) is 16.7. The standard InChI is InChI=1S/C19H38N4OS.HI/c1-3-20-18(21-10-7-15-25-2)22-16-19(8-5-4-6-9-19)17-23-11-13-24-14-12-23;/h3-17H2,1-2H3,(H2,20,21,22);1H. The van der Waals surface area contributed by atoms with Gasteiger partial charge in [-0.2, -0.15) is 11.8 Å². The summed E-state index contributed by atoms with van der Waals surface area (Å²) in [5.41, 5.74) is 0.358. The predicted octanol–water partition coefficient (Wildman–Crippen LogP) is 3.20. The largest absolute Gasteiger partial charge is 0.379 e. The van der Waals surface area contributed by atoms with E-state index in [0.717, 1.165) is 51.9 Å². The Balaban J connectivity index is 0.00000338. The second-order valence-electron chi connectivity index (χ2n) is 7.42. The molecule has 0 aromatic heterocycles. The molecule has 1 saturated heterocycles. The quantitative estimate of drug-likeness (QED) is 0.221. The molecule has 0 amide bonds. The molecule has 0 aromatic carbocycles. The molecule has 1 heterocycles. The van der Waals surface area contributed by atoms with Gasteiger partial charge in [0.1, 0.15) is 0 Å². The zero-order chi connectivity index (χ0) is 17.8. The molecule has 5 nitrogen and oxygen atoms in total. The number of morpholine rings is 1. The fourth-order valence-electron chi connectivity index (χ4n) is 3.91. The SMILES string of the molecule is CCNC(=NCC1(CN2CCOCC2)CCCCC1)NCCCSC.I. The topological polar surface area (TPSA) is 48.9 Å². The summed E-state index contributed by atoms with van der Waals surface area (Å²) in [5, 5.41) is 6.93. The van der Waals surface area contributed by atoms with Gasteiger partial charge in [-0.3, -0.25) is 9.89 Å². The maximum Gasteiger partial charge on any atom is 0.191 e. The van der Waals surface area contributed by atoms with Crippen molar-refractivity contribution in [2.45, 2.75) is 45.4 Å². The first-order chi connectivity index (χ1) is 12.3. The highest BCUT2D eigenvalue weighted by Crippen LogP contribution is 2.37. The smallest absolute Gasteiger partial charge is 0.191 e. The Bertz CT molecular complexity index is 386. The summed E-state index contributed by atoms with van der Waals surface area (Å²) in [6.07, 6.45) is 10.1. The maximum absolute atomic E-state index is 5.53. The first-order valence-corrected chi connectivity index (χ1v) is 11.5. The number of rotatable bonds is 9. The molecule has 2 N–H and O–H groups in total. The molecule has 1 aliphatic heterocycles. The average molecular weight is 499 g/mol. The highest BCUT2D eigenvalue weighted by atomic mass is 127. The van der Waals surface area contributed by atoms with Crippen LogP contribution >= 0.6 is 35.7 Å². The lowest BCUT2D eigenvalue weighted by atomic mass is 9.73. The second-order valence-corrected chi connectivity index (χ2v) is 8.40. The Kier molecular flexibility index (Phi) is 13.4. The van der Waals surface area contributed by atoms with Crippen LogP contribution in [0.3, 0.4) is 0 Å². The first kappa shape index (κ1) is 24.3. The van der Waals surface area contributed by atoms with Crippen molar-refractivity contribution in [1.29, 1.82) is 0 Å². The van der Waals surface area contributed by atoms with Crippen LogP contribution in [0.25, 0.3) is 0 Å². The third-order valence-corrected chi connectivity index (χ3v) is 6.01. The van der Waals surface area contributed by atoms with Gasteiger partial charge in [-0.1, -0.05) is 19.3 Å². The van der Waals surface area contributed by atoms with Crippen LogP contribution in [0.5, 0.6) is 0 Å². The van der Waals surface area contributed by atoms with Crippen molar-refractivity contribution in [3.63, 3.8) is 0 Å². The highest BCUT2D eigenvalue weighted by Gasteiger charge is 2.34. The normalized spacial score (nSPS) is 21.1. The van der Waals surface area contributed by atoms with Crippen molar-refractivity contribution in [2.75, 3.05) is 64.5 Å². The average Bonchev–Trinajstić information content (AvgIpc) is 2.65. The van der Waals surface area contributed by atoms with Crippen LogP contribution in [0.1, 0.15) is 45.4 Å². The Morgan fingerprint density at radius 2 is 1.88 bits per heavy atom. The molecular formula is C19H39IN4OS. The van der Waals surface area contributed by atoms with Gasteiger partial charge in [0, 0.05) is 44.7 Å². The number of halogens is 1. The Hall–Kier alpha value is 0.270. The molecule has 7 heteroatoms. The number of hydrogen-bond acceptors (Lipinski definition) is 4. The Morgan fingerprint density at radius 3 is 2.54 bits per heavy atom. The molecule has 154 valence electrons. The summed E-state index contributed by atoms with van der Waals surface area (Å²) < 4.78 is 5.53. The molecule has 0 radical (unpaired) electrons.